The summed E-state index contributed by atoms with van der Waals surface area (Å²) >= 11 is 0. The van der Waals surface area contributed by atoms with Gasteiger partial charge in [0.15, 0.2) is 0 Å². The van der Waals surface area contributed by atoms with E-state index in [9.17, 15) is 5.11 Å². The molecule has 1 radical (unpaired) electrons. The first-order chi connectivity index (χ1) is 4.27. The summed E-state index contributed by atoms with van der Waals surface area (Å²) in [4.78, 5) is 0. The maximum absolute atomic E-state index is 9.85. The summed E-state index contributed by atoms with van der Waals surface area (Å²) in [7, 11) is 0. The summed E-state index contributed by atoms with van der Waals surface area (Å²) in [5.74, 6) is 0.677. The normalized spacial score (nSPS) is 10.7. The molecule has 0 amide bonds. The molecule has 0 fully saturated rings. The summed E-state index contributed by atoms with van der Waals surface area (Å²) < 4.78 is 4.98. The zero-order chi connectivity index (χ0) is 7.11. The zero-order valence-electron chi connectivity index (χ0n) is 6.22. The van der Waals surface area contributed by atoms with Crippen molar-refractivity contribution in [1.82, 2.24) is 0 Å². The van der Waals surface area contributed by atoms with Gasteiger partial charge < -0.3 is 4.74 Å². The largest absolute Gasteiger partial charge is 0.379 e. The summed E-state index contributed by atoms with van der Waals surface area (Å²) in [5.41, 5.74) is 0. The predicted octanol–water partition coefficient (Wildman–Crippen LogP) is 1.48. The van der Waals surface area contributed by atoms with Crippen LogP contribution in [-0.2, 0) is 9.84 Å². The Hall–Kier alpha value is -0.0800. The quantitative estimate of drug-likeness (QED) is 0.519. The van der Waals surface area contributed by atoms with Gasteiger partial charge in [-0.3, -0.25) is 0 Å². The Morgan fingerprint density at radius 3 is 2.44 bits per heavy atom. The molecule has 0 spiro atoms. The first kappa shape index (κ1) is 8.92. The van der Waals surface area contributed by atoms with E-state index in [0.29, 0.717) is 12.5 Å². The fourth-order valence-electron chi connectivity index (χ4n) is 0.480. The van der Waals surface area contributed by atoms with Crippen LogP contribution in [0.4, 0.5) is 0 Å². The Bertz CT molecular complexity index is 52.9. The highest BCUT2D eigenvalue weighted by Crippen LogP contribution is 1.97. The van der Waals surface area contributed by atoms with Gasteiger partial charge in [0.2, 0.25) is 0 Å². The Morgan fingerprint density at radius 2 is 2.00 bits per heavy atom. The van der Waals surface area contributed by atoms with E-state index in [1.165, 1.54) is 0 Å². The van der Waals surface area contributed by atoms with Gasteiger partial charge in [-0.25, -0.2) is 5.11 Å². The molecule has 0 aliphatic carbocycles. The van der Waals surface area contributed by atoms with Crippen molar-refractivity contribution in [3.63, 3.8) is 0 Å². The minimum atomic E-state index is -0.113. The van der Waals surface area contributed by atoms with Crippen molar-refractivity contribution < 1.29 is 9.84 Å². The highest BCUT2D eigenvalue weighted by Gasteiger charge is 1.92. The van der Waals surface area contributed by atoms with Crippen LogP contribution in [0.5, 0.6) is 0 Å². The molecule has 0 unspecified atom stereocenters. The van der Waals surface area contributed by atoms with E-state index in [-0.39, 0.29) is 6.61 Å². The van der Waals surface area contributed by atoms with Crippen molar-refractivity contribution in [3.05, 3.63) is 0 Å². The lowest BCUT2D eigenvalue weighted by atomic mass is 10.1. The van der Waals surface area contributed by atoms with E-state index < -0.39 is 0 Å². The Balaban J connectivity index is 2.75. The highest BCUT2D eigenvalue weighted by molar-refractivity contribution is 4.41. The second-order valence-corrected chi connectivity index (χ2v) is 2.50. The standard InChI is InChI=1S/C7H15O2/c1-7(2)3-5-9-6-4-8/h7H,3-6H2,1-2H3. The van der Waals surface area contributed by atoms with Crippen molar-refractivity contribution in [2.75, 3.05) is 19.8 Å². The van der Waals surface area contributed by atoms with Gasteiger partial charge in [0.05, 0.1) is 6.61 Å². The Labute approximate surface area is 56.8 Å². The average molecular weight is 131 g/mol. The van der Waals surface area contributed by atoms with Crippen LogP contribution in [0.25, 0.3) is 0 Å². The topological polar surface area (TPSA) is 29.1 Å². The molecule has 0 aromatic carbocycles. The van der Waals surface area contributed by atoms with Crippen LogP contribution in [-0.4, -0.2) is 19.8 Å². The summed E-state index contributed by atoms with van der Waals surface area (Å²) in [6, 6.07) is 0. The lowest BCUT2D eigenvalue weighted by molar-refractivity contribution is 0.0588. The molecular formula is C7H15O2. The molecule has 0 aliphatic rings. The monoisotopic (exact) mass is 131 g/mol. The van der Waals surface area contributed by atoms with Crippen molar-refractivity contribution in [2.45, 2.75) is 20.3 Å². The fourth-order valence-corrected chi connectivity index (χ4v) is 0.480. The van der Waals surface area contributed by atoms with Gasteiger partial charge in [-0.05, 0) is 12.3 Å². The van der Waals surface area contributed by atoms with E-state index in [0.717, 1.165) is 13.0 Å². The predicted molar refractivity (Wildman–Crippen MR) is 35.8 cm³/mol. The number of hydrogen-bond donors (Lipinski definition) is 0. The zero-order valence-corrected chi connectivity index (χ0v) is 6.22. The molecule has 0 heterocycles. The van der Waals surface area contributed by atoms with Crippen molar-refractivity contribution >= 4 is 0 Å². The van der Waals surface area contributed by atoms with Gasteiger partial charge in [0.25, 0.3) is 0 Å². The molecule has 0 bridgehead atoms. The number of ether oxygens (including phenoxy) is 1. The molecule has 0 rings (SSSR count). The van der Waals surface area contributed by atoms with Gasteiger partial charge in [-0.15, -0.1) is 0 Å². The number of hydrogen-bond acceptors (Lipinski definition) is 1. The van der Waals surface area contributed by atoms with Crippen LogP contribution in [0.3, 0.4) is 0 Å². The first-order valence-electron chi connectivity index (χ1n) is 3.43. The van der Waals surface area contributed by atoms with E-state index in [1.54, 1.807) is 0 Å². The van der Waals surface area contributed by atoms with Crippen LogP contribution in [0, 0.1) is 5.92 Å². The average Bonchev–Trinajstić information content (AvgIpc) is 1.80. The first-order valence-corrected chi connectivity index (χ1v) is 3.43. The smallest absolute Gasteiger partial charge is 0.106 e. The summed E-state index contributed by atoms with van der Waals surface area (Å²) in [6.45, 7) is 5.27. The van der Waals surface area contributed by atoms with E-state index in [1.807, 2.05) is 0 Å². The van der Waals surface area contributed by atoms with Gasteiger partial charge in [0, 0.05) is 6.61 Å². The molecule has 0 aromatic heterocycles. The second-order valence-electron chi connectivity index (χ2n) is 2.50. The third-order valence-electron chi connectivity index (χ3n) is 1.07. The molecule has 9 heavy (non-hydrogen) atoms. The maximum Gasteiger partial charge on any atom is 0.106 e. The SMILES string of the molecule is CC(C)CCOCC[O]. The van der Waals surface area contributed by atoms with Crippen molar-refractivity contribution in [3.8, 4) is 0 Å². The summed E-state index contributed by atoms with van der Waals surface area (Å²) in [6.07, 6.45) is 1.06. The van der Waals surface area contributed by atoms with Crippen LogP contribution in [0.15, 0.2) is 0 Å². The molecule has 2 heteroatoms. The molecule has 55 valence electrons. The van der Waals surface area contributed by atoms with Crippen LogP contribution < -0.4 is 0 Å². The fraction of sp³-hybridized carbons (Fsp3) is 1.00. The van der Waals surface area contributed by atoms with E-state index in [2.05, 4.69) is 13.8 Å². The molecule has 0 aromatic rings. The van der Waals surface area contributed by atoms with E-state index >= 15 is 0 Å². The molecule has 0 saturated carbocycles. The third-order valence-corrected chi connectivity index (χ3v) is 1.07. The minimum absolute atomic E-state index is 0.113. The molecule has 0 atom stereocenters. The van der Waals surface area contributed by atoms with Gasteiger partial charge in [-0.2, -0.15) is 0 Å². The maximum atomic E-state index is 9.85. The van der Waals surface area contributed by atoms with Gasteiger partial charge in [0.1, 0.15) is 6.61 Å². The highest BCUT2D eigenvalue weighted by atomic mass is 16.5. The molecule has 2 nitrogen and oxygen atoms in total. The van der Waals surface area contributed by atoms with Gasteiger partial charge in [-0.1, -0.05) is 13.8 Å². The minimum Gasteiger partial charge on any atom is -0.379 e. The lowest BCUT2D eigenvalue weighted by Crippen LogP contribution is -2.02. The van der Waals surface area contributed by atoms with Crippen LogP contribution >= 0.6 is 0 Å². The molecular weight excluding hydrogens is 116 g/mol. The Morgan fingerprint density at radius 1 is 1.33 bits per heavy atom. The molecule has 0 saturated heterocycles. The van der Waals surface area contributed by atoms with Crippen molar-refractivity contribution in [1.29, 1.82) is 0 Å². The third kappa shape index (κ3) is 7.92. The van der Waals surface area contributed by atoms with Crippen molar-refractivity contribution in [2.24, 2.45) is 5.92 Å². The van der Waals surface area contributed by atoms with E-state index in [4.69, 9.17) is 4.74 Å². The van der Waals surface area contributed by atoms with Crippen LogP contribution in [0.2, 0.25) is 0 Å². The lowest BCUT2D eigenvalue weighted by Gasteiger charge is -2.03. The van der Waals surface area contributed by atoms with Crippen LogP contribution in [0.1, 0.15) is 20.3 Å². The van der Waals surface area contributed by atoms with Gasteiger partial charge >= 0.3 is 0 Å². The Kier molecular flexibility index (Phi) is 5.99. The molecule has 0 N–H and O–H groups in total. The summed E-state index contributed by atoms with van der Waals surface area (Å²) in [5, 5.41) is 9.85. The number of rotatable bonds is 5. The molecule has 0 aliphatic heterocycles. The second kappa shape index (κ2) is 6.05.